The predicted molar refractivity (Wildman–Crippen MR) is 212 cm³/mol. The number of hydrogen-bond donors (Lipinski definition) is 0. The average Bonchev–Trinajstić information content (AvgIpc) is 3.16. The zero-order valence-electron chi connectivity index (χ0n) is 31.0. The zero-order valence-corrected chi connectivity index (χ0v) is 31.0. The molecule has 51 heavy (non-hydrogen) atoms. The quantitative estimate of drug-likeness (QED) is 0.0552. The molecule has 0 bridgehead atoms. The number of carbonyl (C=O) groups is 2. The van der Waals surface area contributed by atoms with Crippen LogP contribution in [0.2, 0.25) is 0 Å². The minimum Gasteiger partial charge on any atom is -0.496 e. The summed E-state index contributed by atoms with van der Waals surface area (Å²) in [4.78, 5) is 28.4. The van der Waals surface area contributed by atoms with Gasteiger partial charge in [-0.1, -0.05) is 87.4 Å². The number of Topliss-reactive ketones (excluding diaryl/α,β-unsaturated/α-hetero) is 1. The maximum Gasteiger partial charge on any atom is 0.338 e. The van der Waals surface area contributed by atoms with Gasteiger partial charge in [-0.3, -0.25) is 4.79 Å². The Hall–Kier alpha value is -5.30. The summed E-state index contributed by atoms with van der Waals surface area (Å²) in [7, 11) is 5.32. The van der Waals surface area contributed by atoms with Crippen molar-refractivity contribution in [2.45, 2.75) is 46.5 Å². The Morgan fingerprint density at radius 3 is 1.55 bits per heavy atom. The lowest BCUT2D eigenvalue weighted by molar-refractivity contribution is 0.0515. The fourth-order valence-corrected chi connectivity index (χ4v) is 5.61. The maximum atomic E-state index is 12.4. The molecule has 0 aliphatic heterocycles. The number of benzene rings is 4. The second-order valence-corrected chi connectivity index (χ2v) is 12.6. The Bertz CT molecular complexity index is 1750. The molecule has 0 aliphatic rings. The molecule has 0 unspecified atom stereocenters. The van der Waals surface area contributed by atoms with Gasteiger partial charge in [-0.25, -0.2) is 4.79 Å². The van der Waals surface area contributed by atoms with Crippen LogP contribution < -0.4 is 19.3 Å². The SMILES string of the molecule is CCCCN(CCCC)c1ccc(/C=C/c2cc(OC)c(/C=C/c3ccc(N(C)CCOC(=O)c4ccc(C(C)=O)cc4)cc3)cc2OC)cc1. The number of rotatable bonds is 19. The summed E-state index contributed by atoms with van der Waals surface area (Å²) in [6, 6.07) is 27.5. The molecular formula is C44H52N2O5. The van der Waals surface area contributed by atoms with Gasteiger partial charge < -0.3 is 24.0 Å². The van der Waals surface area contributed by atoms with Gasteiger partial charge in [-0.05, 0) is 79.4 Å². The lowest BCUT2D eigenvalue weighted by Crippen LogP contribution is -2.25. The van der Waals surface area contributed by atoms with E-state index in [0.29, 0.717) is 17.7 Å². The lowest BCUT2D eigenvalue weighted by Gasteiger charge is -2.24. The number of methoxy groups -OCH3 is 2. The third-order valence-electron chi connectivity index (χ3n) is 8.83. The van der Waals surface area contributed by atoms with Gasteiger partial charge in [-0.15, -0.1) is 0 Å². The number of carbonyl (C=O) groups excluding carboxylic acids is 2. The molecule has 0 amide bonds. The molecule has 0 N–H and O–H groups in total. The molecule has 4 aromatic carbocycles. The van der Waals surface area contributed by atoms with Crippen molar-refractivity contribution in [1.29, 1.82) is 0 Å². The van der Waals surface area contributed by atoms with Crippen LogP contribution in [0.5, 0.6) is 11.5 Å². The van der Waals surface area contributed by atoms with E-state index in [4.69, 9.17) is 14.2 Å². The smallest absolute Gasteiger partial charge is 0.338 e. The molecule has 0 saturated carbocycles. The van der Waals surface area contributed by atoms with Gasteiger partial charge in [0.1, 0.15) is 18.1 Å². The Labute approximate surface area is 304 Å². The highest BCUT2D eigenvalue weighted by Crippen LogP contribution is 2.32. The van der Waals surface area contributed by atoms with Crippen LogP contribution in [0.25, 0.3) is 24.3 Å². The summed E-state index contributed by atoms with van der Waals surface area (Å²) < 4.78 is 17.0. The fraction of sp³-hybridized carbons (Fsp3) is 0.318. The summed E-state index contributed by atoms with van der Waals surface area (Å²) in [6.07, 6.45) is 13.0. The molecule has 0 spiro atoms. The van der Waals surface area contributed by atoms with Crippen molar-refractivity contribution in [3.63, 3.8) is 0 Å². The van der Waals surface area contributed by atoms with Crippen molar-refractivity contribution in [3.8, 4) is 11.5 Å². The predicted octanol–water partition coefficient (Wildman–Crippen LogP) is 9.95. The van der Waals surface area contributed by atoms with E-state index >= 15 is 0 Å². The van der Waals surface area contributed by atoms with E-state index in [2.05, 4.69) is 55.2 Å². The van der Waals surface area contributed by atoms with E-state index in [0.717, 1.165) is 52.5 Å². The van der Waals surface area contributed by atoms with Crippen molar-refractivity contribution in [3.05, 3.63) is 118 Å². The standard InChI is InChI=1S/C44H52N2O5/c1-7-9-27-46(28-10-8-2)41-25-15-35(16-26-41)12-18-39-32-42(49-5)38(31-43(39)50-6)17-11-34-13-23-40(24-14-34)45(4)29-30-51-44(48)37-21-19-36(20-22-37)33(3)47/h11-26,31-32H,7-10,27-30H2,1-6H3/b17-11+,18-12+. The van der Waals surface area contributed by atoms with Crippen LogP contribution in [0.15, 0.2) is 84.9 Å². The van der Waals surface area contributed by atoms with Crippen molar-refractivity contribution in [2.24, 2.45) is 0 Å². The summed E-state index contributed by atoms with van der Waals surface area (Å²) in [5, 5.41) is 0. The third-order valence-corrected chi connectivity index (χ3v) is 8.83. The average molecular weight is 689 g/mol. The first-order chi connectivity index (χ1) is 24.8. The Kier molecular flexibility index (Phi) is 14.9. The monoisotopic (exact) mass is 688 g/mol. The molecule has 0 radical (unpaired) electrons. The lowest BCUT2D eigenvalue weighted by atomic mass is 10.0. The van der Waals surface area contributed by atoms with Gasteiger partial charge in [-0.2, -0.15) is 0 Å². The first kappa shape index (κ1) is 38.5. The number of likely N-dealkylation sites (N-methyl/N-ethyl adjacent to an activating group) is 1. The maximum absolute atomic E-state index is 12.4. The summed E-state index contributed by atoms with van der Waals surface area (Å²) >= 11 is 0. The number of ketones is 1. The molecule has 7 heteroatoms. The molecule has 0 heterocycles. The minimum absolute atomic E-state index is 0.0416. The van der Waals surface area contributed by atoms with Crippen LogP contribution in [0.3, 0.4) is 0 Å². The van der Waals surface area contributed by atoms with E-state index < -0.39 is 5.97 Å². The number of ether oxygens (including phenoxy) is 3. The summed E-state index contributed by atoms with van der Waals surface area (Å²) in [5.41, 5.74) is 7.28. The highest BCUT2D eigenvalue weighted by atomic mass is 16.5. The molecule has 7 nitrogen and oxygen atoms in total. The molecular weight excluding hydrogens is 636 g/mol. The molecule has 4 aromatic rings. The minimum atomic E-state index is -0.410. The molecule has 268 valence electrons. The van der Waals surface area contributed by atoms with Crippen molar-refractivity contribution in [1.82, 2.24) is 0 Å². The summed E-state index contributed by atoms with van der Waals surface area (Å²) in [6.45, 7) is 8.93. The fourth-order valence-electron chi connectivity index (χ4n) is 5.61. The summed E-state index contributed by atoms with van der Waals surface area (Å²) in [5.74, 6) is 1.07. The number of anilines is 2. The first-order valence-electron chi connectivity index (χ1n) is 17.8. The molecule has 0 saturated heterocycles. The van der Waals surface area contributed by atoms with Gasteiger partial charge in [0.15, 0.2) is 5.78 Å². The van der Waals surface area contributed by atoms with Crippen LogP contribution in [0.4, 0.5) is 11.4 Å². The Balaban J connectivity index is 1.36. The second kappa shape index (κ2) is 19.8. The van der Waals surface area contributed by atoms with Gasteiger partial charge in [0.05, 0.1) is 26.3 Å². The molecule has 0 atom stereocenters. The van der Waals surface area contributed by atoms with Crippen molar-refractivity contribution in [2.75, 3.05) is 57.3 Å². The topological polar surface area (TPSA) is 68.3 Å². The van der Waals surface area contributed by atoms with E-state index in [1.54, 1.807) is 38.5 Å². The van der Waals surface area contributed by atoms with E-state index in [-0.39, 0.29) is 12.4 Å². The van der Waals surface area contributed by atoms with Crippen LogP contribution in [0, 0.1) is 0 Å². The molecule has 0 aliphatic carbocycles. The molecule has 4 rings (SSSR count). The van der Waals surface area contributed by atoms with Crippen molar-refractivity contribution < 1.29 is 23.8 Å². The number of unbranched alkanes of at least 4 members (excludes halogenated alkanes) is 2. The van der Waals surface area contributed by atoms with Crippen LogP contribution in [-0.2, 0) is 4.74 Å². The van der Waals surface area contributed by atoms with Gasteiger partial charge in [0.2, 0.25) is 0 Å². The van der Waals surface area contributed by atoms with Gasteiger partial charge in [0, 0.05) is 48.2 Å². The first-order valence-corrected chi connectivity index (χ1v) is 17.8. The third kappa shape index (κ3) is 11.4. The number of nitrogens with zero attached hydrogens (tertiary/aromatic N) is 2. The van der Waals surface area contributed by atoms with Gasteiger partial charge >= 0.3 is 5.97 Å². The second-order valence-electron chi connectivity index (χ2n) is 12.6. The van der Waals surface area contributed by atoms with E-state index in [9.17, 15) is 9.59 Å². The molecule has 0 aromatic heterocycles. The van der Waals surface area contributed by atoms with Gasteiger partial charge in [0.25, 0.3) is 0 Å². The highest BCUT2D eigenvalue weighted by Gasteiger charge is 2.11. The number of esters is 1. The normalized spacial score (nSPS) is 11.2. The largest absolute Gasteiger partial charge is 0.496 e. The van der Waals surface area contributed by atoms with E-state index in [1.165, 1.54) is 38.3 Å². The Morgan fingerprint density at radius 1 is 0.627 bits per heavy atom. The van der Waals surface area contributed by atoms with E-state index in [1.807, 2.05) is 60.5 Å². The van der Waals surface area contributed by atoms with Crippen molar-refractivity contribution >= 4 is 47.4 Å². The Morgan fingerprint density at radius 2 is 1.10 bits per heavy atom. The molecule has 0 fully saturated rings. The van der Waals surface area contributed by atoms with Crippen LogP contribution in [-0.4, -0.2) is 59.3 Å². The zero-order chi connectivity index (χ0) is 36.6. The number of hydrogen-bond acceptors (Lipinski definition) is 7. The van der Waals surface area contributed by atoms with Crippen LogP contribution in [0.1, 0.15) is 89.4 Å². The highest BCUT2D eigenvalue weighted by molar-refractivity contribution is 5.96. The van der Waals surface area contributed by atoms with Crippen LogP contribution >= 0.6 is 0 Å².